The molecule has 0 aliphatic heterocycles. The summed E-state index contributed by atoms with van der Waals surface area (Å²) in [5.41, 5.74) is 1.04. The SMILES string of the molecule is Cc1cnn(CC(=O)c2ccco2)c1. The van der Waals surface area contributed by atoms with Crippen LogP contribution in [-0.2, 0) is 6.54 Å². The Kier molecular flexibility index (Phi) is 2.18. The Hall–Kier alpha value is -1.84. The van der Waals surface area contributed by atoms with Gasteiger partial charge in [-0.05, 0) is 24.6 Å². The maximum Gasteiger partial charge on any atom is 0.219 e. The number of hydrogen-bond donors (Lipinski definition) is 0. The highest BCUT2D eigenvalue weighted by Crippen LogP contribution is 2.03. The topological polar surface area (TPSA) is 48.0 Å². The van der Waals surface area contributed by atoms with E-state index < -0.39 is 0 Å². The first-order valence-corrected chi connectivity index (χ1v) is 4.31. The Balaban J connectivity index is 2.09. The van der Waals surface area contributed by atoms with Crippen LogP contribution in [0.1, 0.15) is 16.1 Å². The number of hydrogen-bond acceptors (Lipinski definition) is 3. The van der Waals surface area contributed by atoms with E-state index in [-0.39, 0.29) is 12.3 Å². The first kappa shape index (κ1) is 8.74. The van der Waals surface area contributed by atoms with Crippen LogP contribution in [0.25, 0.3) is 0 Å². The summed E-state index contributed by atoms with van der Waals surface area (Å²) in [6.07, 6.45) is 5.03. The second-order valence-electron chi connectivity index (χ2n) is 3.12. The summed E-state index contributed by atoms with van der Waals surface area (Å²) in [4.78, 5) is 11.5. The zero-order valence-electron chi connectivity index (χ0n) is 7.80. The molecule has 2 heterocycles. The van der Waals surface area contributed by atoms with Crippen LogP contribution in [0.4, 0.5) is 0 Å². The fraction of sp³-hybridized carbons (Fsp3) is 0.200. The van der Waals surface area contributed by atoms with E-state index >= 15 is 0 Å². The predicted molar refractivity (Wildman–Crippen MR) is 50.0 cm³/mol. The summed E-state index contributed by atoms with van der Waals surface area (Å²) in [7, 11) is 0. The van der Waals surface area contributed by atoms with E-state index in [9.17, 15) is 4.79 Å². The molecule has 0 N–H and O–H groups in total. The van der Waals surface area contributed by atoms with Crippen molar-refractivity contribution >= 4 is 5.78 Å². The Morgan fingerprint density at radius 2 is 2.50 bits per heavy atom. The summed E-state index contributed by atoms with van der Waals surface area (Å²) in [5.74, 6) is 0.302. The fourth-order valence-corrected chi connectivity index (χ4v) is 1.22. The molecule has 4 heteroatoms. The minimum Gasteiger partial charge on any atom is -0.461 e. The Morgan fingerprint density at radius 3 is 3.07 bits per heavy atom. The number of rotatable bonds is 3. The third-order valence-electron chi connectivity index (χ3n) is 1.86. The number of Topliss-reactive ketones (excluding diaryl/α,β-unsaturated/α-hetero) is 1. The first-order chi connectivity index (χ1) is 6.75. The van der Waals surface area contributed by atoms with Gasteiger partial charge in [0.1, 0.15) is 6.54 Å². The molecule has 0 unspecified atom stereocenters. The number of ketones is 1. The number of carbonyl (C=O) groups is 1. The van der Waals surface area contributed by atoms with Gasteiger partial charge < -0.3 is 4.42 Å². The lowest BCUT2D eigenvalue weighted by molar-refractivity contribution is 0.0940. The van der Waals surface area contributed by atoms with E-state index in [2.05, 4.69) is 5.10 Å². The highest BCUT2D eigenvalue weighted by Gasteiger charge is 2.09. The van der Waals surface area contributed by atoms with Crippen molar-refractivity contribution in [3.8, 4) is 0 Å². The average Bonchev–Trinajstić information content (AvgIpc) is 2.75. The van der Waals surface area contributed by atoms with Crippen LogP contribution in [-0.4, -0.2) is 15.6 Å². The van der Waals surface area contributed by atoms with Crippen LogP contribution in [0.2, 0.25) is 0 Å². The van der Waals surface area contributed by atoms with Crippen LogP contribution in [0.5, 0.6) is 0 Å². The summed E-state index contributed by atoms with van der Waals surface area (Å²) in [6.45, 7) is 2.15. The van der Waals surface area contributed by atoms with Gasteiger partial charge in [0.25, 0.3) is 0 Å². The number of furan rings is 1. The third-order valence-corrected chi connectivity index (χ3v) is 1.86. The molecule has 2 rings (SSSR count). The molecular weight excluding hydrogens is 180 g/mol. The zero-order valence-corrected chi connectivity index (χ0v) is 7.80. The summed E-state index contributed by atoms with van der Waals surface area (Å²) in [5, 5.41) is 4.02. The highest BCUT2D eigenvalue weighted by molar-refractivity contribution is 5.93. The van der Waals surface area contributed by atoms with Crippen molar-refractivity contribution in [2.24, 2.45) is 0 Å². The largest absolute Gasteiger partial charge is 0.461 e. The molecule has 0 aliphatic carbocycles. The Labute approximate surface area is 81.1 Å². The van der Waals surface area contributed by atoms with E-state index in [4.69, 9.17) is 4.42 Å². The van der Waals surface area contributed by atoms with E-state index in [1.807, 2.05) is 13.1 Å². The molecule has 0 saturated carbocycles. The number of nitrogens with zero attached hydrogens (tertiary/aromatic N) is 2. The Bertz CT molecular complexity index is 429. The molecular formula is C10H10N2O2. The summed E-state index contributed by atoms with van der Waals surface area (Å²) < 4.78 is 6.58. The van der Waals surface area contributed by atoms with Gasteiger partial charge in [-0.25, -0.2) is 0 Å². The van der Waals surface area contributed by atoms with E-state index in [1.165, 1.54) is 6.26 Å². The van der Waals surface area contributed by atoms with Crippen molar-refractivity contribution in [1.29, 1.82) is 0 Å². The predicted octanol–water partition coefficient (Wildman–Crippen LogP) is 1.67. The number of aromatic nitrogens is 2. The van der Waals surface area contributed by atoms with E-state index in [0.717, 1.165) is 5.56 Å². The first-order valence-electron chi connectivity index (χ1n) is 4.31. The van der Waals surface area contributed by atoms with Crippen LogP contribution in [0.3, 0.4) is 0 Å². The monoisotopic (exact) mass is 190 g/mol. The quantitative estimate of drug-likeness (QED) is 0.691. The second-order valence-corrected chi connectivity index (χ2v) is 3.12. The number of carbonyl (C=O) groups excluding carboxylic acids is 1. The Morgan fingerprint density at radius 1 is 1.64 bits per heavy atom. The molecule has 0 radical (unpaired) electrons. The molecule has 2 aromatic heterocycles. The lowest BCUT2D eigenvalue weighted by atomic mass is 10.3. The normalized spacial score (nSPS) is 10.4. The molecule has 14 heavy (non-hydrogen) atoms. The summed E-state index contributed by atoms with van der Waals surface area (Å²) in [6, 6.07) is 3.35. The average molecular weight is 190 g/mol. The van der Waals surface area contributed by atoms with Gasteiger partial charge >= 0.3 is 0 Å². The lowest BCUT2D eigenvalue weighted by Crippen LogP contribution is -2.09. The third kappa shape index (κ3) is 1.74. The minimum atomic E-state index is -0.0712. The molecule has 0 atom stereocenters. The van der Waals surface area contributed by atoms with Gasteiger partial charge in [0.15, 0.2) is 5.76 Å². The van der Waals surface area contributed by atoms with Crippen molar-refractivity contribution in [3.63, 3.8) is 0 Å². The van der Waals surface area contributed by atoms with Gasteiger partial charge in [0.2, 0.25) is 5.78 Å². The van der Waals surface area contributed by atoms with Gasteiger partial charge in [-0.2, -0.15) is 5.10 Å². The van der Waals surface area contributed by atoms with Gasteiger partial charge in [-0.15, -0.1) is 0 Å². The van der Waals surface area contributed by atoms with Crippen LogP contribution in [0.15, 0.2) is 35.2 Å². The second kappa shape index (κ2) is 3.49. The lowest BCUT2D eigenvalue weighted by Gasteiger charge is -1.97. The van der Waals surface area contributed by atoms with E-state index in [1.54, 1.807) is 23.0 Å². The van der Waals surface area contributed by atoms with Gasteiger partial charge in [0.05, 0.1) is 12.5 Å². The van der Waals surface area contributed by atoms with Gasteiger partial charge in [-0.3, -0.25) is 9.48 Å². The molecule has 4 nitrogen and oxygen atoms in total. The molecule has 72 valence electrons. The molecule has 0 aliphatic rings. The molecule has 2 aromatic rings. The molecule has 0 fully saturated rings. The van der Waals surface area contributed by atoms with Crippen molar-refractivity contribution in [2.45, 2.75) is 13.5 Å². The van der Waals surface area contributed by atoms with Crippen molar-refractivity contribution in [1.82, 2.24) is 9.78 Å². The fourth-order valence-electron chi connectivity index (χ4n) is 1.22. The van der Waals surface area contributed by atoms with Crippen LogP contribution < -0.4 is 0 Å². The molecule has 0 amide bonds. The molecule has 0 saturated heterocycles. The number of aryl methyl sites for hydroxylation is 1. The molecule has 0 spiro atoms. The van der Waals surface area contributed by atoms with Crippen LogP contribution >= 0.6 is 0 Å². The minimum absolute atomic E-state index is 0.0712. The van der Waals surface area contributed by atoms with Crippen molar-refractivity contribution in [2.75, 3.05) is 0 Å². The molecule has 0 aromatic carbocycles. The van der Waals surface area contributed by atoms with Crippen LogP contribution in [0, 0.1) is 6.92 Å². The maximum atomic E-state index is 11.5. The smallest absolute Gasteiger partial charge is 0.219 e. The van der Waals surface area contributed by atoms with Gasteiger partial charge in [-0.1, -0.05) is 0 Å². The van der Waals surface area contributed by atoms with Gasteiger partial charge in [0, 0.05) is 6.20 Å². The summed E-state index contributed by atoms with van der Waals surface area (Å²) >= 11 is 0. The van der Waals surface area contributed by atoms with Crippen molar-refractivity contribution in [3.05, 3.63) is 42.1 Å². The van der Waals surface area contributed by atoms with Crippen molar-refractivity contribution < 1.29 is 9.21 Å². The zero-order chi connectivity index (χ0) is 9.97. The molecule has 0 bridgehead atoms. The standard InChI is InChI=1S/C10H10N2O2/c1-8-5-11-12(6-8)7-9(13)10-3-2-4-14-10/h2-6H,7H2,1H3. The highest BCUT2D eigenvalue weighted by atomic mass is 16.3. The maximum absolute atomic E-state index is 11.5. The van der Waals surface area contributed by atoms with E-state index in [0.29, 0.717) is 5.76 Å².